The van der Waals surface area contributed by atoms with Crippen molar-refractivity contribution in [3.8, 4) is 28.9 Å². The molecule has 0 aliphatic heterocycles. The van der Waals surface area contributed by atoms with E-state index in [1.165, 1.54) is 11.3 Å². The number of rotatable bonds is 7. The lowest BCUT2D eigenvalue weighted by Crippen LogP contribution is -2.16. The molecule has 29 heavy (non-hydrogen) atoms. The second kappa shape index (κ2) is 8.16. The van der Waals surface area contributed by atoms with Gasteiger partial charge >= 0.3 is 0 Å². The van der Waals surface area contributed by atoms with Crippen LogP contribution in [0, 0.1) is 11.3 Å². The summed E-state index contributed by atoms with van der Waals surface area (Å²) in [5, 5.41) is 29.6. The Morgan fingerprint density at radius 2 is 2.00 bits per heavy atom. The van der Waals surface area contributed by atoms with E-state index in [9.17, 15) is 10.1 Å². The fourth-order valence-corrected chi connectivity index (χ4v) is 3.57. The Labute approximate surface area is 170 Å². The summed E-state index contributed by atoms with van der Waals surface area (Å²) in [6, 6.07) is 13.4. The average molecular weight is 404 g/mol. The molecule has 0 bridgehead atoms. The van der Waals surface area contributed by atoms with Crippen molar-refractivity contribution in [2.45, 2.75) is 18.8 Å². The second-order valence-corrected chi connectivity index (χ2v) is 7.13. The van der Waals surface area contributed by atoms with Gasteiger partial charge in [0.05, 0.1) is 6.07 Å². The van der Waals surface area contributed by atoms with E-state index in [0.717, 1.165) is 11.1 Å². The zero-order valence-electron chi connectivity index (χ0n) is 15.5. The minimum absolute atomic E-state index is 0.0943. The van der Waals surface area contributed by atoms with Crippen LogP contribution in [0.4, 0.5) is 0 Å². The van der Waals surface area contributed by atoms with Crippen LogP contribution in [0.3, 0.4) is 0 Å². The van der Waals surface area contributed by atoms with E-state index in [0.29, 0.717) is 23.4 Å². The van der Waals surface area contributed by atoms with E-state index in [-0.39, 0.29) is 18.6 Å². The molecule has 8 nitrogen and oxygen atoms in total. The number of carbonyl (C=O) groups excluding carboxylic acids is 1. The van der Waals surface area contributed by atoms with Gasteiger partial charge in [-0.2, -0.15) is 16.6 Å². The Kier molecular flexibility index (Phi) is 5.27. The van der Waals surface area contributed by atoms with Crippen LogP contribution in [0.5, 0.6) is 0 Å². The van der Waals surface area contributed by atoms with Gasteiger partial charge in [0, 0.05) is 36.4 Å². The molecule has 0 spiro atoms. The largest absolute Gasteiger partial charge is 0.421 e. The average Bonchev–Trinajstić information content (AvgIpc) is 3.49. The van der Waals surface area contributed by atoms with Gasteiger partial charge in [-0.25, -0.2) is 0 Å². The molecule has 0 aliphatic rings. The van der Waals surface area contributed by atoms with Gasteiger partial charge < -0.3 is 8.98 Å². The lowest BCUT2D eigenvalue weighted by molar-refractivity contribution is -0.119. The number of ketones is 1. The highest BCUT2D eigenvalue weighted by atomic mass is 32.1. The van der Waals surface area contributed by atoms with Crippen molar-refractivity contribution in [1.82, 2.24) is 25.0 Å². The van der Waals surface area contributed by atoms with Crippen molar-refractivity contribution in [3.05, 3.63) is 58.9 Å². The zero-order valence-corrected chi connectivity index (χ0v) is 16.3. The van der Waals surface area contributed by atoms with Gasteiger partial charge in [0.25, 0.3) is 0 Å². The fourth-order valence-electron chi connectivity index (χ4n) is 2.94. The van der Waals surface area contributed by atoms with Crippen molar-refractivity contribution in [2.24, 2.45) is 7.05 Å². The van der Waals surface area contributed by atoms with E-state index in [1.54, 1.807) is 11.6 Å². The maximum Gasteiger partial charge on any atom is 0.248 e. The third kappa shape index (κ3) is 3.83. The molecule has 4 aromatic rings. The van der Waals surface area contributed by atoms with Gasteiger partial charge in [-0.1, -0.05) is 30.3 Å². The number of hydrogen-bond donors (Lipinski definition) is 0. The zero-order chi connectivity index (χ0) is 20.2. The fraction of sp³-hybridized carbons (Fsp3) is 0.200. The molecular formula is C20H16N6O2S. The number of hydrogen-bond acceptors (Lipinski definition) is 8. The highest BCUT2D eigenvalue weighted by Crippen LogP contribution is 2.24. The van der Waals surface area contributed by atoms with Gasteiger partial charge in [0.2, 0.25) is 11.8 Å². The van der Waals surface area contributed by atoms with Crippen LogP contribution >= 0.6 is 11.3 Å². The van der Waals surface area contributed by atoms with Gasteiger partial charge in [-0.15, -0.1) is 20.4 Å². The van der Waals surface area contributed by atoms with Crippen LogP contribution in [-0.4, -0.2) is 30.7 Å². The van der Waals surface area contributed by atoms with Crippen LogP contribution in [-0.2, 0) is 18.3 Å². The Hall–Kier alpha value is -3.64. The smallest absolute Gasteiger partial charge is 0.248 e. The predicted octanol–water partition coefficient (Wildman–Crippen LogP) is 3.40. The molecule has 0 radical (unpaired) electrons. The summed E-state index contributed by atoms with van der Waals surface area (Å²) >= 11 is 1.53. The first-order valence-electron chi connectivity index (χ1n) is 8.89. The molecule has 0 saturated heterocycles. The number of carbonyl (C=O) groups is 1. The van der Waals surface area contributed by atoms with E-state index in [1.807, 2.05) is 53.2 Å². The molecule has 0 aliphatic carbocycles. The highest BCUT2D eigenvalue weighted by Gasteiger charge is 2.27. The summed E-state index contributed by atoms with van der Waals surface area (Å²) in [5.74, 6) is 0.430. The summed E-state index contributed by atoms with van der Waals surface area (Å²) in [6.07, 6.45) is 0.356. The topological polar surface area (TPSA) is 110 Å². The van der Waals surface area contributed by atoms with E-state index < -0.39 is 5.92 Å². The molecule has 1 atom stereocenters. The number of nitrogens with zero attached hydrogens (tertiary/aromatic N) is 6. The van der Waals surface area contributed by atoms with Gasteiger partial charge in [-0.05, 0) is 11.4 Å². The molecule has 0 fully saturated rings. The normalized spacial score (nSPS) is 11.9. The maximum atomic E-state index is 12.7. The molecule has 144 valence electrons. The molecule has 4 rings (SSSR count). The van der Waals surface area contributed by atoms with E-state index in [2.05, 4.69) is 20.4 Å². The van der Waals surface area contributed by atoms with Gasteiger partial charge in [0.15, 0.2) is 23.3 Å². The lowest BCUT2D eigenvalue weighted by atomic mass is 10.0. The molecule has 0 saturated carbocycles. The minimum Gasteiger partial charge on any atom is -0.421 e. The molecule has 1 unspecified atom stereocenters. The van der Waals surface area contributed by atoms with E-state index in [4.69, 9.17) is 4.42 Å². The van der Waals surface area contributed by atoms with Crippen LogP contribution < -0.4 is 0 Å². The molecule has 0 N–H and O–H groups in total. The van der Waals surface area contributed by atoms with Crippen molar-refractivity contribution >= 4 is 17.1 Å². The van der Waals surface area contributed by atoms with Crippen LogP contribution in [0.15, 0.2) is 51.6 Å². The third-order valence-corrected chi connectivity index (χ3v) is 5.15. The van der Waals surface area contributed by atoms with Crippen molar-refractivity contribution in [1.29, 1.82) is 5.26 Å². The van der Waals surface area contributed by atoms with Gasteiger partial charge in [0.1, 0.15) is 0 Å². The highest BCUT2D eigenvalue weighted by molar-refractivity contribution is 7.08. The number of thiophene rings is 1. The van der Waals surface area contributed by atoms with Crippen LogP contribution in [0.2, 0.25) is 0 Å². The quantitative estimate of drug-likeness (QED) is 0.464. The summed E-state index contributed by atoms with van der Waals surface area (Å²) in [6.45, 7) is 0. The van der Waals surface area contributed by atoms with E-state index >= 15 is 0 Å². The molecular weight excluding hydrogens is 388 g/mol. The van der Waals surface area contributed by atoms with Crippen LogP contribution in [0.25, 0.3) is 22.8 Å². The summed E-state index contributed by atoms with van der Waals surface area (Å²) in [4.78, 5) is 12.7. The standard InChI is InChI=1S/C20H16N6O2S/c1-26-18(13-5-3-2-4-6-13)23-24-19(26)15(11-21)16(27)7-8-17-22-25-20(28-17)14-9-10-29-12-14/h2-6,9-10,12,15H,7-8H2,1H3. The number of Topliss-reactive ketones (excluding diaryl/α,β-unsaturated/α-hetero) is 1. The van der Waals surface area contributed by atoms with Crippen LogP contribution in [0.1, 0.15) is 24.1 Å². The molecule has 3 heterocycles. The first-order valence-corrected chi connectivity index (χ1v) is 9.83. The summed E-state index contributed by atoms with van der Waals surface area (Å²) in [5.41, 5.74) is 1.72. The van der Waals surface area contributed by atoms with Crippen molar-refractivity contribution < 1.29 is 9.21 Å². The third-order valence-electron chi connectivity index (χ3n) is 4.47. The second-order valence-electron chi connectivity index (χ2n) is 6.35. The summed E-state index contributed by atoms with van der Waals surface area (Å²) in [7, 11) is 1.75. The first-order chi connectivity index (χ1) is 14.2. The van der Waals surface area contributed by atoms with Gasteiger partial charge in [-0.3, -0.25) is 4.79 Å². The minimum atomic E-state index is -1.01. The molecule has 0 amide bonds. The number of benzene rings is 1. The Balaban J connectivity index is 1.47. The van der Waals surface area contributed by atoms with Crippen molar-refractivity contribution in [3.63, 3.8) is 0 Å². The number of aryl methyl sites for hydroxylation is 1. The first kappa shape index (κ1) is 18.7. The Bertz CT molecular complexity index is 1160. The maximum absolute atomic E-state index is 12.7. The SMILES string of the molecule is Cn1c(-c2ccccc2)nnc1C(C#N)C(=O)CCc1nnc(-c2ccsc2)o1. The van der Waals surface area contributed by atoms with Crippen molar-refractivity contribution in [2.75, 3.05) is 0 Å². The Morgan fingerprint density at radius 1 is 1.17 bits per heavy atom. The molecule has 3 aromatic heterocycles. The molecule has 9 heteroatoms. The lowest BCUT2D eigenvalue weighted by Gasteiger charge is -2.08. The molecule has 1 aromatic carbocycles. The summed E-state index contributed by atoms with van der Waals surface area (Å²) < 4.78 is 7.28. The number of aromatic nitrogens is 5. The monoisotopic (exact) mass is 404 g/mol. The number of nitriles is 1. The Morgan fingerprint density at radius 3 is 2.72 bits per heavy atom. The predicted molar refractivity (Wildman–Crippen MR) is 106 cm³/mol.